The number of nitrogens with zero attached hydrogens (tertiary/aromatic N) is 6. The number of amides is 2. The summed E-state index contributed by atoms with van der Waals surface area (Å²) in [5, 5.41) is 11.5. The molecule has 2 amide bonds. The Morgan fingerprint density at radius 1 is 1.15 bits per heavy atom. The van der Waals surface area contributed by atoms with Crippen LogP contribution in [0.1, 0.15) is 20.8 Å². The van der Waals surface area contributed by atoms with Crippen LogP contribution >= 0.6 is 0 Å². The first kappa shape index (κ1) is 21.6. The van der Waals surface area contributed by atoms with Crippen molar-refractivity contribution in [2.24, 2.45) is 7.05 Å². The Morgan fingerprint density at radius 2 is 1.97 bits per heavy atom. The number of methoxy groups -OCH3 is 1. The molecular formula is C23H23N7O4. The highest BCUT2D eigenvalue weighted by atomic mass is 16.5. The van der Waals surface area contributed by atoms with E-state index in [4.69, 9.17) is 9.47 Å². The second-order valence-corrected chi connectivity index (χ2v) is 7.77. The summed E-state index contributed by atoms with van der Waals surface area (Å²) in [5.41, 5.74) is 2.34. The fourth-order valence-electron chi connectivity index (χ4n) is 3.83. The number of pyridine rings is 1. The average molecular weight is 460 g/mol. The smallest absolute Gasteiger partial charge is 0.274 e. The van der Waals surface area contributed by atoms with Crippen LogP contribution in [-0.2, 0) is 11.8 Å². The molecule has 1 aliphatic heterocycles. The van der Waals surface area contributed by atoms with E-state index < -0.39 is 5.91 Å². The summed E-state index contributed by atoms with van der Waals surface area (Å²) >= 11 is 0. The van der Waals surface area contributed by atoms with Crippen molar-refractivity contribution in [1.82, 2.24) is 29.3 Å². The number of carbonyl (C=O) groups is 2. The number of hydrogen-bond donors (Lipinski definition) is 1. The molecule has 4 heterocycles. The third-order valence-electron chi connectivity index (χ3n) is 5.61. The van der Waals surface area contributed by atoms with Crippen LogP contribution in [0.5, 0.6) is 5.75 Å². The third kappa shape index (κ3) is 4.08. The number of fused-ring (bicyclic) bond motifs is 1. The van der Waals surface area contributed by atoms with Gasteiger partial charge in [-0.3, -0.25) is 14.3 Å². The maximum Gasteiger partial charge on any atom is 0.274 e. The number of rotatable bonds is 5. The molecule has 0 saturated carbocycles. The molecular weight excluding hydrogens is 437 g/mol. The molecule has 0 unspecified atom stereocenters. The van der Waals surface area contributed by atoms with Crippen LogP contribution in [0.2, 0.25) is 0 Å². The molecule has 11 heteroatoms. The van der Waals surface area contributed by atoms with Crippen molar-refractivity contribution in [2.75, 3.05) is 38.7 Å². The van der Waals surface area contributed by atoms with Crippen molar-refractivity contribution in [3.05, 3.63) is 60.0 Å². The zero-order valence-electron chi connectivity index (χ0n) is 18.8. The number of benzene rings is 1. The maximum absolute atomic E-state index is 13.1. The second kappa shape index (κ2) is 8.94. The number of ether oxygens (including phenoxy) is 2. The molecule has 1 fully saturated rings. The largest absolute Gasteiger partial charge is 0.497 e. The summed E-state index contributed by atoms with van der Waals surface area (Å²) < 4.78 is 13.6. The molecule has 1 saturated heterocycles. The Labute approximate surface area is 194 Å². The SMILES string of the molecule is Cn1ncc(C(=O)N2CCOCC2)c1C(=O)Nc1ccn2nc(-c3cccc(O[11CH3])c3)nc2c1. The van der Waals surface area contributed by atoms with Gasteiger partial charge in [0.15, 0.2) is 11.5 Å². The molecule has 3 aromatic heterocycles. The lowest BCUT2D eigenvalue weighted by atomic mass is 10.2. The van der Waals surface area contributed by atoms with Gasteiger partial charge in [-0.15, -0.1) is 5.10 Å². The first-order valence-electron chi connectivity index (χ1n) is 10.7. The summed E-state index contributed by atoms with van der Waals surface area (Å²) in [7, 11) is 3.24. The van der Waals surface area contributed by atoms with Gasteiger partial charge in [0.2, 0.25) is 0 Å². The Hall–Kier alpha value is -4.25. The molecule has 0 spiro atoms. The van der Waals surface area contributed by atoms with Crippen LogP contribution in [0, 0.1) is 0 Å². The van der Waals surface area contributed by atoms with Crippen LogP contribution in [0.4, 0.5) is 5.69 Å². The lowest BCUT2D eigenvalue weighted by molar-refractivity contribution is 0.0302. The van der Waals surface area contributed by atoms with Crippen molar-refractivity contribution < 1.29 is 19.1 Å². The van der Waals surface area contributed by atoms with Crippen molar-refractivity contribution in [2.45, 2.75) is 0 Å². The van der Waals surface area contributed by atoms with Crippen LogP contribution in [0.3, 0.4) is 0 Å². The number of hydrogen-bond acceptors (Lipinski definition) is 7. The first-order valence-corrected chi connectivity index (χ1v) is 10.7. The molecule has 0 atom stereocenters. The van der Waals surface area contributed by atoms with Crippen molar-refractivity contribution in [3.8, 4) is 17.1 Å². The van der Waals surface area contributed by atoms with Gasteiger partial charge in [0.25, 0.3) is 11.8 Å². The van der Waals surface area contributed by atoms with E-state index in [0.29, 0.717) is 49.2 Å². The lowest BCUT2D eigenvalue weighted by Gasteiger charge is -2.26. The van der Waals surface area contributed by atoms with E-state index in [9.17, 15) is 9.59 Å². The minimum atomic E-state index is -0.437. The normalized spacial score (nSPS) is 13.8. The second-order valence-electron chi connectivity index (χ2n) is 7.77. The molecule has 174 valence electrons. The number of anilines is 1. The zero-order chi connectivity index (χ0) is 23.7. The van der Waals surface area contributed by atoms with Crippen molar-refractivity contribution in [1.29, 1.82) is 0 Å². The van der Waals surface area contributed by atoms with Crippen LogP contribution < -0.4 is 10.1 Å². The predicted octanol–water partition coefficient (Wildman–Crippen LogP) is 1.86. The number of morpholine rings is 1. The molecule has 0 radical (unpaired) electrons. The Balaban J connectivity index is 1.39. The topological polar surface area (TPSA) is 116 Å². The molecule has 1 N–H and O–H groups in total. The highest BCUT2D eigenvalue weighted by molar-refractivity contribution is 6.11. The van der Waals surface area contributed by atoms with E-state index in [1.807, 2.05) is 24.3 Å². The fourth-order valence-corrected chi connectivity index (χ4v) is 3.83. The number of aromatic nitrogens is 5. The molecule has 5 rings (SSSR count). The van der Waals surface area contributed by atoms with Gasteiger partial charge in [-0.05, 0) is 18.2 Å². The third-order valence-corrected chi connectivity index (χ3v) is 5.61. The monoisotopic (exact) mass is 460 g/mol. The average Bonchev–Trinajstić information content (AvgIpc) is 3.47. The molecule has 34 heavy (non-hydrogen) atoms. The Bertz CT molecular complexity index is 1370. The summed E-state index contributed by atoms with van der Waals surface area (Å²) in [5.74, 6) is 0.571. The van der Waals surface area contributed by atoms with Gasteiger partial charge >= 0.3 is 0 Å². The van der Waals surface area contributed by atoms with Gasteiger partial charge in [0.1, 0.15) is 11.4 Å². The maximum atomic E-state index is 13.1. The molecule has 11 nitrogen and oxygen atoms in total. The van der Waals surface area contributed by atoms with Crippen LogP contribution in [0.15, 0.2) is 48.8 Å². The van der Waals surface area contributed by atoms with Crippen LogP contribution in [0.25, 0.3) is 17.0 Å². The number of carbonyl (C=O) groups excluding carboxylic acids is 2. The minimum Gasteiger partial charge on any atom is -0.497 e. The van der Waals surface area contributed by atoms with Gasteiger partial charge in [0, 0.05) is 43.7 Å². The number of nitrogens with one attached hydrogen (secondary N) is 1. The quantitative estimate of drug-likeness (QED) is 0.483. The first-order chi connectivity index (χ1) is 16.5. The molecule has 4 aromatic rings. The minimum absolute atomic E-state index is 0.190. The Morgan fingerprint density at radius 3 is 2.76 bits per heavy atom. The van der Waals surface area contributed by atoms with Gasteiger partial charge < -0.3 is 19.7 Å². The summed E-state index contributed by atoms with van der Waals surface area (Å²) in [6.45, 7) is 1.91. The highest BCUT2D eigenvalue weighted by Gasteiger charge is 2.27. The molecule has 1 aliphatic rings. The van der Waals surface area contributed by atoms with Gasteiger partial charge in [-0.2, -0.15) is 5.10 Å². The predicted molar refractivity (Wildman–Crippen MR) is 123 cm³/mol. The Kier molecular flexibility index (Phi) is 5.68. The summed E-state index contributed by atoms with van der Waals surface area (Å²) in [4.78, 5) is 32.3. The van der Waals surface area contributed by atoms with E-state index >= 15 is 0 Å². The molecule has 1 aromatic carbocycles. The summed E-state index contributed by atoms with van der Waals surface area (Å²) in [6, 6.07) is 10.9. The molecule has 0 bridgehead atoms. The van der Waals surface area contributed by atoms with Crippen molar-refractivity contribution in [3.63, 3.8) is 0 Å². The van der Waals surface area contributed by atoms with Gasteiger partial charge in [0.05, 0.1) is 32.1 Å². The van der Waals surface area contributed by atoms with E-state index in [0.717, 1.165) is 5.56 Å². The van der Waals surface area contributed by atoms with E-state index in [2.05, 4.69) is 20.5 Å². The van der Waals surface area contributed by atoms with Crippen LogP contribution in [-0.4, -0.2) is 74.5 Å². The van der Waals surface area contributed by atoms with Gasteiger partial charge in [-0.25, -0.2) is 9.50 Å². The van der Waals surface area contributed by atoms with E-state index in [1.165, 1.54) is 10.9 Å². The van der Waals surface area contributed by atoms with E-state index in [1.54, 1.807) is 41.9 Å². The summed E-state index contributed by atoms with van der Waals surface area (Å²) in [6.07, 6.45) is 3.14. The highest BCUT2D eigenvalue weighted by Crippen LogP contribution is 2.23. The van der Waals surface area contributed by atoms with Gasteiger partial charge in [-0.1, -0.05) is 12.1 Å². The zero-order valence-corrected chi connectivity index (χ0v) is 18.8. The van der Waals surface area contributed by atoms with Crippen molar-refractivity contribution >= 4 is 23.1 Å². The number of aryl methyl sites for hydroxylation is 1. The lowest BCUT2D eigenvalue weighted by Crippen LogP contribution is -2.41. The molecule has 0 aliphatic carbocycles. The van der Waals surface area contributed by atoms with E-state index in [-0.39, 0.29) is 17.2 Å². The standard InChI is InChI=1S/C23H23N7O4/c1-28-20(18(14-24-28)23(32)29-8-10-34-11-9-29)22(31)25-16-6-7-30-19(13-16)26-21(27-30)15-4-3-5-17(12-15)33-2/h3-7,12-14H,8-11H2,1-2H3,(H,25,31)/i2-1. The fraction of sp³-hybridized carbons (Fsp3) is 0.261.